The zero-order valence-corrected chi connectivity index (χ0v) is 10.2. The number of nitrogens with two attached hydrogens (primary N) is 1. The Morgan fingerprint density at radius 2 is 2.33 bits per heavy atom. The van der Waals surface area contributed by atoms with E-state index in [1.54, 1.807) is 30.2 Å². The Bertz CT molecular complexity index is 456. The summed E-state index contributed by atoms with van der Waals surface area (Å²) in [7, 11) is 0. The fourth-order valence-electron chi connectivity index (χ4n) is 1.78. The van der Waals surface area contributed by atoms with Gasteiger partial charge in [-0.05, 0) is 25.5 Å². The van der Waals surface area contributed by atoms with E-state index in [2.05, 4.69) is 10.3 Å². The predicted molar refractivity (Wildman–Crippen MR) is 68.1 cm³/mol. The number of hydrogen-bond acceptors (Lipinski definition) is 4. The van der Waals surface area contributed by atoms with E-state index in [1.807, 2.05) is 0 Å². The number of carbonyl (C=O) groups excluding carboxylic acids is 2. The maximum absolute atomic E-state index is 11.5. The van der Waals surface area contributed by atoms with Crippen LogP contribution in [0, 0.1) is 0 Å². The fraction of sp³-hybridized carbons (Fsp3) is 0.417. The lowest BCUT2D eigenvalue weighted by Crippen LogP contribution is -2.32. The molecule has 0 radical (unpaired) electrons. The minimum Gasteiger partial charge on any atom is -0.320 e. The van der Waals surface area contributed by atoms with Gasteiger partial charge in [0.05, 0.1) is 17.9 Å². The maximum atomic E-state index is 11.5. The monoisotopic (exact) mass is 248 g/mol. The van der Waals surface area contributed by atoms with Crippen LogP contribution in [0.4, 0.5) is 11.5 Å². The number of nitrogens with one attached hydrogen (secondary N) is 1. The summed E-state index contributed by atoms with van der Waals surface area (Å²) in [5.41, 5.74) is 6.20. The Morgan fingerprint density at radius 1 is 1.56 bits per heavy atom. The number of carbonyl (C=O) groups is 2. The molecule has 1 fully saturated rings. The third-order valence-corrected chi connectivity index (χ3v) is 2.80. The van der Waals surface area contributed by atoms with Crippen LogP contribution < -0.4 is 16.0 Å². The number of anilines is 2. The molecule has 0 saturated carbocycles. The van der Waals surface area contributed by atoms with Crippen LogP contribution in [0.2, 0.25) is 0 Å². The third-order valence-electron chi connectivity index (χ3n) is 2.80. The largest absolute Gasteiger partial charge is 0.320 e. The Hall–Kier alpha value is -1.95. The van der Waals surface area contributed by atoms with Gasteiger partial charge in [-0.1, -0.05) is 0 Å². The van der Waals surface area contributed by atoms with E-state index in [1.165, 1.54) is 0 Å². The number of hydrogen-bond donors (Lipinski definition) is 2. The molecule has 18 heavy (non-hydrogen) atoms. The van der Waals surface area contributed by atoms with Crippen molar-refractivity contribution in [2.75, 3.05) is 16.8 Å². The Kier molecular flexibility index (Phi) is 3.57. The van der Waals surface area contributed by atoms with Crippen molar-refractivity contribution in [2.24, 2.45) is 5.73 Å². The number of pyridine rings is 1. The molecule has 96 valence electrons. The first-order chi connectivity index (χ1) is 8.58. The van der Waals surface area contributed by atoms with E-state index < -0.39 is 6.04 Å². The highest BCUT2D eigenvalue weighted by Gasteiger charge is 2.21. The van der Waals surface area contributed by atoms with Gasteiger partial charge in [-0.15, -0.1) is 0 Å². The molecule has 2 rings (SSSR count). The van der Waals surface area contributed by atoms with Crippen LogP contribution >= 0.6 is 0 Å². The average molecular weight is 248 g/mol. The lowest BCUT2D eigenvalue weighted by molar-refractivity contribution is -0.117. The summed E-state index contributed by atoms with van der Waals surface area (Å²) in [5.74, 6) is 0.268. The minimum atomic E-state index is -0.577. The predicted octanol–water partition coefficient (Wildman–Crippen LogP) is 0.494. The van der Waals surface area contributed by atoms with Gasteiger partial charge in [0.25, 0.3) is 0 Å². The molecular weight excluding hydrogens is 232 g/mol. The van der Waals surface area contributed by atoms with Crippen LogP contribution in [-0.4, -0.2) is 29.4 Å². The van der Waals surface area contributed by atoms with E-state index in [0.717, 1.165) is 18.7 Å². The van der Waals surface area contributed by atoms with Gasteiger partial charge < -0.3 is 16.0 Å². The van der Waals surface area contributed by atoms with E-state index in [-0.39, 0.29) is 11.8 Å². The molecule has 6 nitrogen and oxygen atoms in total. The summed E-state index contributed by atoms with van der Waals surface area (Å²) in [6.45, 7) is 2.33. The van der Waals surface area contributed by atoms with Gasteiger partial charge in [-0.2, -0.15) is 0 Å². The molecule has 1 saturated heterocycles. The van der Waals surface area contributed by atoms with Crippen molar-refractivity contribution in [2.45, 2.75) is 25.8 Å². The Balaban J connectivity index is 2.06. The molecular formula is C12H16N4O2. The van der Waals surface area contributed by atoms with E-state index in [9.17, 15) is 9.59 Å². The highest BCUT2D eigenvalue weighted by atomic mass is 16.2. The highest BCUT2D eigenvalue weighted by Crippen LogP contribution is 2.21. The van der Waals surface area contributed by atoms with Crippen LogP contribution in [0.3, 0.4) is 0 Å². The van der Waals surface area contributed by atoms with Gasteiger partial charge in [0, 0.05) is 13.0 Å². The number of nitrogens with zero attached hydrogens (tertiary/aromatic N) is 2. The third kappa shape index (κ3) is 2.65. The number of rotatable bonds is 3. The summed E-state index contributed by atoms with van der Waals surface area (Å²) in [4.78, 5) is 28.7. The Labute approximate surface area is 105 Å². The normalized spacial score (nSPS) is 16.8. The summed E-state index contributed by atoms with van der Waals surface area (Å²) in [6.07, 6.45) is 3.05. The van der Waals surface area contributed by atoms with Gasteiger partial charge >= 0.3 is 0 Å². The van der Waals surface area contributed by atoms with Crippen molar-refractivity contribution < 1.29 is 9.59 Å². The van der Waals surface area contributed by atoms with Gasteiger partial charge in [-0.3, -0.25) is 9.59 Å². The molecule has 2 heterocycles. The van der Waals surface area contributed by atoms with E-state index in [0.29, 0.717) is 12.2 Å². The first kappa shape index (κ1) is 12.5. The molecule has 2 amide bonds. The second-order valence-corrected chi connectivity index (χ2v) is 4.33. The molecule has 1 atom stereocenters. The van der Waals surface area contributed by atoms with Crippen molar-refractivity contribution in [1.82, 2.24) is 4.98 Å². The minimum absolute atomic E-state index is 0.115. The maximum Gasteiger partial charge on any atom is 0.242 e. The second-order valence-electron chi connectivity index (χ2n) is 4.33. The molecule has 6 heteroatoms. The SMILES string of the molecule is CC(N)C(=O)Nc1ccc(N2CCCC2=O)cn1. The molecule has 0 aromatic carbocycles. The zero-order chi connectivity index (χ0) is 13.1. The lowest BCUT2D eigenvalue weighted by Gasteiger charge is -2.15. The molecule has 1 aliphatic heterocycles. The highest BCUT2D eigenvalue weighted by molar-refractivity contribution is 5.96. The first-order valence-corrected chi connectivity index (χ1v) is 5.91. The van der Waals surface area contributed by atoms with Gasteiger partial charge in [0.15, 0.2) is 0 Å². The van der Waals surface area contributed by atoms with E-state index >= 15 is 0 Å². The average Bonchev–Trinajstić information content (AvgIpc) is 2.76. The van der Waals surface area contributed by atoms with Crippen LogP contribution in [0.25, 0.3) is 0 Å². The summed E-state index contributed by atoms with van der Waals surface area (Å²) in [6, 6.07) is 2.86. The van der Waals surface area contributed by atoms with Gasteiger partial charge in [-0.25, -0.2) is 4.98 Å². The van der Waals surface area contributed by atoms with Gasteiger partial charge in [0.2, 0.25) is 11.8 Å². The van der Waals surface area contributed by atoms with Crippen molar-refractivity contribution in [1.29, 1.82) is 0 Å². The van der Waals surface area contributed by atoms with Crippen molar-refractivity contribution >= 4 is 23.3 Å². The zero-order valence-electron chi connectivity index (χ0n) is 10.2. The van der Waals surface area contributed by atoms with Gasteiger partial charge in [0.1, 0.15) is 5.82 Å². The van der Waals surface area contributed by atoms with E-state index in [4.69, 9.17) is 5.73 Å². The standard InChI is InChI=1S/C12H16N4O2/c1-8(13)12(18)15-10-5-4-9(7-14-10)16-6-2-3-11(16)17/h4-5,7-8H,2-3,6,13H2,1H3,(H,14,15,18). The molecule has 1 aliphatic rings. The molecule has 1 aromatic rings. The van der Waals surface area contributed by atoms with Crippen LogP contribution in [-0.2, 0) is 9.59 Å². The molecule has 0 spiro atoms. The summed E-state index contributed by atoms with van der Waals surface area (Å²) < 4.78 is 0. The summed E-state index contributed by atoms with van der Waals surface area (Å²) in [5, 5.41) is 2.59. The molecule has 1 aromatic heterocycles. The Morgan fingerprint density at radius 3 is 2.83 bits per heavy atom. The molecule has 1 unspecified atom stereocenters. The second kappa shape index (κ2) is 5.14. The first-order valence-electron chi connectivity index (χ1n) is 5.91. The summed E-state index contributed by atoms with van der Waals surface area (Å²) >= 11 is 0. The van der Waals surface area contributed by atoms with Crippen LogP contribution in [0.1, 0.15) is 19.8 Å². The lowest BCUT2D eigenvalue weighted by atomic mass is 10.3. The quantitative estimate of drug-likeness (QED) is 0.815. The smallest absolute Gasteiger partial charge is 0.242 e. The van der Waals surface area contributed by atoms with Crippen molar-refractivity contribution in [3.05, 3.63) is 18.3 Å². The number of amides is 2. The van der Waals surface area contributed by atoms with Crippen LogP contribution in [0.15, 0.2) is 18.3 Å². The molecule has 0 bridgehead atoms. The fourth-order valence-corrected chi connectivity index (χ4v) is 1.78. The number of aromatic nitrogens is 1. The molecule has 3 N–H and O–H groups in total. The van der Waals surface area contributed by atoms with Crippen molar-refractivity contribution in [3.63, 3.8) is 0 Å². The van der Waals surface area contributed by atoms with Crippen LogP contribution in [0.5, 0.6) is 0 Å². The van der Waals surface area contributed by atoms with Crippen molar-refractivity contribution in [3.8, 4) is 0 Å². The molecule has 0 aliphatic carbocycles. The topological polar surface area (TPSA) is 88.3 Å².